The zero-order chi connectivity index (χ0) is 30.2. The summed E-state index contributed by atoms with van der Waals surface area (Å²) in [5.41, 5.74) is -0.380. The maximum absolute atomic E-state index is 11.7. The van der Waals surface area contributed by atoms with Gasteiger partial charge in [-0.3, -0.25) is 9.59 Å². The summed E-state index contributed by atoms with van der Waals surface area (Å²) in [5.74, 6) is -1.20. The predicted molar refractivity (Wildman–Crippen MR) is 157 cm³/mol. The van der Waals surface area contributed by atoms with Gasteiger partial charge in [-0.15, -0.1) is 0 Å². The Morgan fingerprint density at radius 2 is 0.925 bits per heavy atom. The number of carboxylic acid groups (broad SMARTS) is 2. The number of unbranched alkanes of at least 4 members (excludes halogenated alkanes) is 7. The van der Waals surface area contributed by atoms with Crippen LogP contribution in [-0.4, -0.2) is 47.3 Å². The lowest BCUT2D eigenvalue weighted by molar-refractivity contribution is -0.146. The van der Waals surface area contributed by atoms with Gasteiger partial charge < -0.3 is 19.7 Å². The van der Waals surface area contributed by atoms with Crippen molar-refractivity contribution < 1.29 is 38.9 Å². The third-order valence-corrected chi connectivity index (χ3v) is 6.28. The molecule has 2 N–H and O–H groups in total. The van der Waals surface area contributed by atoms with E-state index in [1.54, 1.807) is 0 Å². The molecule has 0 heterocycles. The molecule has 0 amide bonds. The minimum atomic E-state index is -1.23. The second kappa shape index (κ2) is 23.9. The van der Waals surface area contributed by atoms with E-state index in [4.69, 9.17) is 19.7 Å². The second-order valence-electron chi connectivity index (χ2n) is 11.0. The molecule has 0 fully saturated rings. The van der Waals surface area contributed by atoms with E-state index in [2.05, 4.69) is 27.7 Å². The third kappa shape index (κ3) is 22.0. The number of benzene rings is 1. The summed E-state index contributed by atoms with van der Waals surface area (Å²) in [5, 5.41) is 17.1. The number of aromatic carboxylic acids is 2. The van der Waals surface area contributed by atoms with Crippen LogP contribution in [0.1, 0.15) is 138 Å². The average molecular weight is 565 g/mol. The number of hydrogen-bond donors (Lipinski definition) is 2. The van der Waals surface area contributed by atoms with Crippen LogP contribution in [0.4, 0.5) is 0 Å². The molecule has 0 aliphatic rings. The average Bonchev–Trinajstić information content (AvgIpc) is 2.90. The Balaban J connectivity index is 0.00000104. The Bertz CT molecular complexity index is 778. The fourth-order valence-corrected chi connectivity index (χ4v) is 3.93. The molecule has 0 aliphatic carbocycles. The summed E-state index contributed by atoms with van der Waals surface area (Å²) in [6.45, 7) is 10.0. The molecule has 228 valence electrons. The van der Waals surface area contributed by atoms with Crippen LogP contribution in [0.2, 0.25) is 0 Å². The van der Waals surface area contributed by atoms with E-state index in [1.165, 1.54) is 62.8 Å². The van der Waals surface area contributed by atoms with Gasteiger partial charge in [0.25, 0.3) is 0 Å². The number of carbonyl (C=O) groups is 4. The highest BCUT2D eigenvalue weighted by molar-refractivity contribution is 6.01. The molecule has 8 nitrogen and oxygen atoms in total. The molecule has 40 heavy (non-hydrogen) atoms. The topological polar surface area (TPSA) is 127 Å². The maximum atomic E-state index is 11.7. The van der Waals surface area contributed by atoms with E-state index in [0.717, 1.165) is 37.5 Å². The number of rotatable bonds is 21. The van der Waals surface area contributed by atoms with Crippen molar-refractivity contribution in [2.24, 2.45) is 11.8 Å². The highest BCUT2D eigenvalue weighted by atomic mass is 16.5. The molecule has 0 bridgehead atoms. The summed E-state index contributed by atoms with van der Waals surface area (Å²) >= 11 is 0. The van der Waals surface area contributed by atoms with Gasteiger partial charge in [0.1, 0.15) is 0 Å². The fourth-order valence-electron chi connectivity index (χ4n) is 3.93. The second-order valence-corrected chi connectivity index (χ2v) is 11.0. The maximum Gasteiger partial charge on any atom is 0.336 e. The van der Waals surface area contributed by atoms with Gasteiger partial charge in [0.05, 0.1) is 24.3 Å². The summed E-state index contributed by atoms with van der Waals surface area (Å²) in [6.07, 6.45) is 13.9. The van der Waals surface area contributed by atoms with Crippen LogP contribution in [-0.2, 0) is 19.1 Å². The molecule has 0 atom stereocenters. The smallest absolute Gasteiger partial charge is 0.336 e. The molecule has 1 aromatic carbocycles. The normalized spacial score (nSPS) is 10.7. The monoisotopic (exact) mass is 564 g/mol. The molecule has 0 unspecified atom stereocenters. The fraction of sp³-hybridized carbons (Fsp3) is 0.688. The highest BCUT2D eigenvalue weighted by Gasteiger charge is 2.13. The van der Waals surface area contributed by atoms with Crippen LogP contribution in [0.3, 0.4) is 0 Å². The molecule has 0 saturated carbocycles. The molecular formula is C32H52O8. The molecule has 0 aromatic heterocycles. The van der Waals surface area contributed by atoms with Gasteiger partial charge in [0.2, 0.25) is 0 Å². The zero-order valence-corrected chi connectivity index (χ0v) is 25.1. The van der Waals surface area contributed by atoms with Crippen molar-refractivity contribution in [2.45, 2.75) is 118 Å². The van der Waals surface area contributed by atoms with Gasteiger partial charge in [0.15, 0.2) is 0 Å². The Kier molecular flexibility index (Phi) is 22.2. The summed E-state index contributed by atoms with van der Waals surface area (Å²) in [4.78, 5) is 44.3. The van der Waals surface area contributed by atoms with Crippen molar-refractivity contribution in [3.8, 4) is 0 Å². The molecule has 8 heteroatoms. The van der Waals surface area contributed by atoms with E-state index >= 15 is 0 Å². The Morgan fingerprint density at radius 3 is 1.25 bits per heavy atom. The van der Waals surface area contributed by atoms with E-state index < -0.39 is 11.9 Å². The van der Waals surface area contributed by atoms with Gasteiger partial charge in [-0.1, -0.05) is 91.2 Å². The number of carbonyl (C=O) groups excluding carboxylic acids is 2. The molecule has 0 spiro atoms. The van der Waals surface area contributed by atoms with Crippen molar-refractivity contribution in [3.05, 3.63) is 35.4 Å². The molecule has 1 rings (SSSR count). The van der Waals surface area contributed by atoms with Crippen LogP contribution < -0.4 is 0 Å². The van der Waals surface area contributed by atoms with Gasteiger partial charge in [-0.05, 0) is 49.7 Å². The zero-order valence-electron chi connectivity index (χ0n) is 25.1. The van der Waals surface area contributed by atoms with Gasteiger partial charge in [-0.25, -0.2) is 9.59 Å². The van der Waals surface area contributed by atoms with Crippen molar-refractivity contribution in [3.63, 3.8) is 0 Å². The predicted octanol–water partition coefficient (Wildman–Crippen LogP) is 7.93. The Hall–Kier alpha value is -2.90. The van der Waals surface area contributed by atoms with Gasteiger partial charge in [0, 0.05) is 12.8 Å². The number of carboxylic acids is 2. The molecular weight excluding hydrogens is 512 g/mol. The van der Waals surface area contributed by atoms with Crippen molar-refractivity contribution >= 4 is 23.9 Å². The molecule has 0 radical (unpaired) electrons. The molecule has 1 aromatic rings. The van der Waals surface area contributed by atoms with E-state index in [9.17, 15) is 19.2 Å². The van der Waals surface area contributed by atoms with Crippen LogP contribution in [0.5, 0.6) is 0 Å². The number of hydrogen-bond acceptors (Lipinski definition) is 6. The number of ether oxygens (including phenoxy) is 2. The minimum Gasteiger partial charge on any atom is -0.478 e. The third-order valence-electron chi connectivity index (χ3n) is 6.28. The van der Waals surface area contributed by atoms with Crippen molar-refractivity contribution in [1.29, 1.82) is 0 Å². The largest absolute Gasteiger partial charge is 0.478 e. The lowest BCUT2D eigenvalue weighted by atomic mass is 10.0. The van der Waals surface area contributed by atoms with Crippen LogP contribution >= 0.6 is 0 Å². The summed E-state index contributed by atoms with van der Waals surface area (Å²) < 4.78 is 10.5. The molecule has 0 saturated heterocycles. The van der Waals surface area contributed by atoms with Crippen molar-refractivity contribution in [1.82, 2.24) is 0 Å². The summed E-state index contributed by atoms with van der Waals surface area (Å²) in [6, 6.07) is 5.48. The highest BCUT2D eigenvalue weighted by Crippen LogP contribution is 2.11. The van der Waals surface area contributed by atoms with Crippen LogP contribution in [0.15, 0.2) is 24.3 Å². The standard InChI is InChI=1S/C24H46O4.C8H6O4/c1-21(2)15-9-5-7-13-19-27-23(25)17-11-12-18-24(26)28-20-14-8-6-10-16-22(3)4;9-7(10)5-3-1-2-4-6(5)8(11)12/h21-22H,5-20H2,1-4H3;1-4H,(H,9,10)(H,11,12). The van der Waals surface area contributed by atoms with Crippen LogP contribution in [0.25, 0.3) is 0 Å². The first-order valence-electron chi connectivity index (χ1n) is 14.9. The quantitative estimate of drug-likeness (QED) is 0.114. The Labute approximate surface area is 240 Å². The number of esters is 2. The first-order chi connectivity index (χ1) is 19.0. The van der Waals surface area contributed by atoms with Crippen LogP contribution in [0, 0.1) is 11.8 Å². The van der Waals surface area contributed by atoms with Gasteiger partial charge >= 0.3 is 23.9 Å². The SMILES string of the molecule is CC(C)CCCCCCOC(=O)CCCCC(=O)OCCCCCCC(C)C.O=C(O)c1ccccc1C(=O)O. The van der Waals surface area contributed by atoms with E-state index in [-0.39, 0.29) is 23.1 Å². The molecule has 0 aliphatic heterocycles. The summed E-state index contributed by atoms with van der Waals surface area (Å²) in [7, 11) is 0. The Morgan fingerprint density at radius 1 is 0.575 bits per heavy atom. The van der Waals surface area contributed by atoms with Gasteiger partial charge in [-0.2, -0.15) is 0 Å². The lowest BCUT2D eigenvalue weighted by Gasteiger charge is -2.07. The first-order valence-corrected chi connectivity index (χ1v) is 14.9. The van der Waals surface area contributed by atoms with E-state index in [1.807, 2.05) is 0 Å². The van der Waals surface area contributed by atoms with Crippen molar-refractivity contribution in [2.75, 3.05) is 13.2 Å². The first kappa shape index (κ1) is 37.1. The van der Waals surface area contributed by atoms with E-state index in [0.29, 0.717) is 38.9 Å². The minimum absolute atomic E-state index is 0.142. The lowest BCUT2D eigenvalue weighted by Crippen LogP contribution is -2.08.